The Kier molecular flexibility index (Phi) is 4.14. The second kappa shape index (κ2) is 6.63. The summed E-state index contributed by atoms with van der Waals surface area (Å²) >= 11 is 0. The van der Waals surface area contributed by atoms with Crippen LogP contribution in [-0.4, -0.2) is 53.7 Å². The van der Waals surface area contributed by atoms with Crippen molar-refractivity contribution in [3.63, 3.8) is 0 Å². The number of urea groups is 1. The molecule has 1 fully saturated rings. The minimum atomic E-state index is -4.35. The van der Waals surface area contributed by atoms with Crippen molar-refractivity contribution in [2.45, 2.75) is 17.4 Å². The molecule has 0 radical (unpaired) electrons. The van der Waals surface area contributed by atoms with Gasteiger partial charge in [0.1, 0.15) is 17.3 Å². The predicted octanol–water partition coefficient (Wildman–Crippen LogP) is 2.07. The summed E-state index contributed by atoms with van der Waals surface area (Å²) in [5.41, 5.74) is 1.69. The first kappa shape index (κ1) is 18.7. The highest BCUT2D eigenvalue weighted by Gasteiger charge is 2.45. The van der Waals surface area contributed by atoms with Gasteiger partial charge in [-0.05, 0) is 48.2 Å². The second-order valence-electron chi connectivity index (χ2n) is 7.48. The molecule has 0 spiro atoms. The standard InChI is InChI=1S/C20H17FN4O4S/c21-13-4-5-16-18(9-13)30(28,29)25(20(27)23-16)11-19(26)24-10-12-7-14(17(24)8-12)15-3-1-2-6-22-15/h1-7,9,12,17H,8,10-11H2,(H,23,27)/t12-,17-/m1/s1. The fourth-order valence-electron chi connectivity index (χ4n) is 4.30. The van der Waals surface area contributed by atoms with Crippen molar-refractivity contribution in [2.75, 3.05) is 18.4 Å². The minimum absolute atomic E-state index is 0.00861. The number of carbonyl (C=O) groups excluding carboxylic acids is 2. The molecule has 154 valence electrons. The van der Waals surface area contributed by atoms with Crippen LogP contribution >= 0.6 is 0 Å². The topological polar surface area (TPSA) is 99.7 Å². The van der Waals surface area contributed by atoms with E-state index < -0.39 is 34.3 Å². The number of halogens is 1. The summed E-state index contributed by atoms with van der Waals surface area (Å²) in [6.07, 6.45) is 4.51. The Morgan fingerprint density at radius 1 is 1.27 bits per heavy atom. The van der Waals surface area contributed by atoms with Crippen LogP contribution in [0.4, 0.5) is 14.9 Å². The maximum Gasteiger partial charge on any atom is 0.336 e. The Bertz CT molecular complexity index is 1200. The summed E-state index contributed by atoms with van der Waals surface area (Å²) < 4.78 is 39.8. The van der Waals surface area contributed by atoms with Crippen molar-refractivity contribution in [1.82, 2.24) is 14.2 Å². The molecule has 1 aromatic heterocycles. The van der Waals surface area contributed by atoms with Gasteiger partial charge in [-0.1, -0.05) is 12.1 Å². The van der Waals surface area contributed by atoms with Gasteiger partial charge in [0.15, 0.2) is 0 Å². The first-order chi connectivity index (χ1) is 14.3. The molecule has 1 saturated heterocycles. The summed E-state index contributed by atoms with van der Waals surface area (Å²) in [7, 11) is -4.35. The monoisotopic (exact) mass is 428 g/mol. The van der Waals surface area contributed by atoms with Crippen LogP contribution < -0.4 is 5.32 Å². The number of rotatable bonds is 3. The van der Waals surface area contributed by atoms with Crippen LogP contribution in [0.15, 0.2) is 53.6 Å². The minimum Gasteiger partial charge on any atom is -0.333 e. The van der Waals surface area contributed by atoms with Gasteiger partial charge >= 0.3 is 6.03 Å². The number of fused-ring (bicyclic) bond motifs is 3. The molecule has 3 heterocycles. The van der Waals surface area contributed by atoms with Crippen LogP contribution in [0.25, 0.3) is 5.57 Å². The Hall–Kier alpha value is -3.27. The molecule has 2 atom stereocenters. The van der Waals surface area contributed by atoms with Gasteiger partial charge in [0.2, 0.25) is 5.91 Å². The van der Waals surface area contributed by atoms with E-state index in [0.717, 1.165) is 29.8 Å². The molecular formula is C20H17FN4O4S. The molecule has 3 aliphatic rings. The molecule has 10 heteroatoms. The number of hydrogen-bond acceptors (Lipinski definition) is 5. The molecular weight excluding hydrogens is 411 g/mol. The van der Waals surface area contributed by atoms with E-state index in [2.05, 4.69) is 16.4 Å². The Morgan fingerprint density at radius 2 is 2.10 bits per heavy atom. The van der Waals surface area contributed by atoms with E-state index in [9.17, 15) is 22.4 Å². The van der Waals surface area contributed by atoms with Crippen molar-refractivity contribution >= 4 is 33.2 Å². The average molecular weight is 428 g/mol. The number of aromatic nitrogens is 1. The smallest absolute Gasteiger partial charge is 0.333 e. The lowest BCUT2D eigenvalue weighted by Gasteiger charge is -2.32. The van der Waals surface area contributed by atoms with Crippen LogP contribution in [0.3, 0.4) is 0 Å². The maximum atomic E-state index is 13.6. The Balaban J connectivity index is 1.40. The second-order valence-corrected chi connectivity index (χ2v) is 9.31. The van der Waals surface area contributed by atoms with Crippen LogP contribution in [-0.2, 0) is 14.8 Å². The van der Waals surface area contributed by atoms with Gasteiger partial charge in [0, 0.05) is 12.7 Å². The van der Waals surface area contributed by atoms with E-state index in [1.54, 1.807) is 17.2 Å². The molecule has 3 amide bonds. The van der Waals surface area contributed by atoms with Crippen molar-refractivity contribution in [2.24, 2.45) is 5.92 Å². The lowest BCUT2D eigenvalue weighted by Crippen LogP contribution is -2.50. The van der Waals surface area contributed by atoms with E-state index >= 15 is 0 Å². The zero-order chi connectivity index (χ0) is 21.0. The van der Waals surface area contributed by atoms with E-state index in [1.807, 2.05) is 12.1 Å². The number of hydrogen-bond donors (Lipinski definition) is 1. The zero-order valence-electron chi connectivity index (χ0n) is 15.7. The number of amides is 3. The van der Waals surface area contributed by atoms with E-state index in [1.165, 1.54) is 6.07 Å². The Morgan fingerprint density at radius 3 is 2.83 bits per heavy atom. The van der Waals surface area contributed by atoms with Gasteiger partial charge in [0.25, 0.3) is 10.0 Å². The number of pyridine rings is 1. The van der Waals surface area contributed by atoms with Gasteiger partial charge in [-0.3, -0.25) is 9.78 Å². The highest BCUT2D eigenvalue weighted by Crippen LogP contribution is 2.41. The summed E-state index contributed by atoms with van der Waals surface area (Å²) in [5, 5.41) is 2.41. The lowest BCUT2D eigenvalue weighted by atomic mass is 10.1. The third kappa shape index (κ3) is 2.86. The van der Waals surface area contributed by atoms with Crippen LogP contribution in [0.2, 0.25) is 0 Å². The van der Waals surface area contributed by atoms with Crippen molar-refractivity contribution in [3.05, 3.63) is 60.2 Å². The molecule has 0 saturated carbocycles. The number of carbonyl (C=O) groups is 2. The SMILES string of the molecule is O=C(CN1C(=O)Nc2ccc(F)cc2S1(=O)=O)N1C[C@@H]2C=C(c3ccccn3)[C@H]1C2. The molecule has 2 aromatic rings. The lowest BCUT2D eigenvalue weighted by molar-refractivity contribution is -0.131. The predicted molar refractivity (Wildman–Crippen MR) is 105 cm³/mol. The number of nitrogens with one attached hydrogen (secondary N) is 1. The summed E-state index contributed by atoms with van der Waals surface area (Å²) in [4.78, 5) is 31.0. The molecule has 5 rings (SSSR count). The fraction of sp³-hybridized carbons (Fsp3) is 0.250. The molecule has 8 nitrogen and oxygen atoms in total. The van der Waals surface area contributed by atoms with E-state index in [0.29, 0.717) is 10.8 Å². The number of anilines is 1. The molecule has 30 heavy (non-hydrogen) atoms. The molecule has 1 aliphatic carbocycles. The van der Waals surface area contributed by atoms with E-state index in [-0.39, 0.29) is 22.5 Å². The van der Waals surface area contributed by atoms with Gasteiger partial charge in [0.05, 0.1) is 17.4 Å². The maximum absolute atomic E-state index is 13.6. The highest BCUT2D eigenvalue weighted by atomic mass is 32.2. The van der Waals surface area contributed by atoms with Crippen molar-refractivity contribution in [3.8, 4) is 0 Å². The zero-order valence-corrected chi connectivity index (χ0v) is 16.5. The van der Waals surface area contributed by atoms with Crippen LogP contribution in [0.1, 0.15) is 12.1 Å². The van der Waals surface area contributed by atoms with E-state index in [4.69, 9.17) is 0 Å². The Labute approximate surface area is 172 Å². The van der Waals surface area contributed by atoms with Crippen LogP contribution in [0.5, 0.6) is 0 Å². The van der Waals surface area contributed by atoms with Crippen molar-refractivity contribution in [1.29, 1.82) is 0 Å². The van der Waals surface area contributed by atoms with Gasteiger partial charge in [-0.2, -0.15) is 0 Å². The first-order valence-corrected chi connectivity index (χ1v) is 10.8. The molecule has 2 bridgehead atoms. The molecule has 0 unspecified atom stereocenters. The molecule has 2 aliphatic heterocycles. The van der Waals surface area contributed by atoms with Gasteiger partial charge in [-0.25, -0.2) is 21.9 Å². The summed E-state index contributed by atoms with van der Waals surface area (Å²) in [6.45, 7) is -0.191. The number of benzene rings is 1. The molecule has 1 aromatic carbocycles. The largest absolute Gasteiger partial charge is 0.336 e. The normalized spacial score (nSPS) is 23.8. The number of nitrogens with zero attached hydrogens (tertiary/aromatic N) is 3. The molecule has 1 N–H and O–H groups in total. The third-order valence-corrected chi connectivity index (χ3v) is 7.42. The van der Waals surface area contributed by atoms with Crippen molar-refractivity contribution < 1.29 is 22.4 Å². The first-order valence-electron chi connectivity index (χ1n) is 9.40. The average Bonchev–Trinajstić information content (AvgIpc) is 3.34. The van der Waals surface area contributed by atoms with Crippen LogP contribution in [0, 0.1) is 11.7 Å². The fourth-order valence-corrected chi connectivity index (χ4v) is 5.74. The number of likely N-dealkylation sites (tertiary alicyclic amines) is 1. The highest BCUT2D eigenvalue weighted by molar-refractivity contribution is 7.90. The summed E-state index contributed by atoms with van der Waals surface area (Å²) in [5.74, 6) is -1.07. The third-order valence-electron chi connectivity index (χ3n) is 5.65. The summed E-state index contributed by atoms with van der Waals surface area (Å²) in [6, 6.07) is 7.46. The quantitative estimate of drug-likeness (QED) is 0.807. The number of sulfonamides is 1. The van der Waals surface area contributed by atoms with Gasteiger partial charge < -0.3 is 10.2 Å². The van der Waals surface area contributed by atoms with Gasteiger partial charge in [-0.15, -0.1) is 0 Å².